The van der Waals surface area contributed by atoms with Gasteiger partial charge in [0.25, 0.3) is 0 Å². The van der Waals surface area contributed by atoms with E-state index in [2.05, 4.69) is 31.4 Å². The second-order valence-electron chi connectivity index (χ2n) is 6.96. The summed E-state index contributed by atoms with van der Waals surface area (Å²) in [6, 6.07) is 0. The van der Waals surface area contributed by atoms with Crippen molar-refractivity contribution in [3.63, 3.8) is 0 Å². The molecule has 0 spiro atoms. The first-order valence-electron chi connectivity index (χ1n) is 9.98. The number of guanidine groups is 1. The summed E-state index contributed by atoms with van der Waals surface area (Å²) < 4.78 is 11.1. The van der Waals surface area contributed by atoms with Crippen LogP contribution in [0.5, 0.6) is 0 Å². The van der Waals surface area contributed by atoms with Crippen LogP contribution in [0.4, 0.5) is 0 Å². The van der Waals surface area contributed by atoms with E-state index in [1.165, 1.54) is 0 Å². The Bertz CT molecular complexity index is 360. The maximum atomic E-state index is 9.33. The molecule has 1 unspecified atom stereocenters. The second kappa shape index (κ2) is 15.9. The van der Waals surface area contributed by atoms with Gasteiger partial charge in [0.1, 0.15) is 0 Å². The first kappa shape index (κ1) is 25.9. The molecule has 0 bridgehead atoms. The molecule has 1 fully saturated rings. The van der Waals surface area contributed by atoms with Crippen LogP contribution >= 0.6 is 24.0 Å². The Morgan fingerprint density at radius 1 is 1.27 bits per heavy atom. The smallest absolute Gasteiger partial charge is 0.191 e. The van der Waals surface area contributed by atoms with Gasteiger partial charge >= 0.3 is 0 Å². The minimum Gasteiger partial charge on any atom is -0.396 e. The molecular formula is C19H40IN3O3. The van der Waals surface area contributed by atoms with Gasteiger partial charge in [-0.25, -0.2) is 0 Å². The van der Waals surface area contributed by atoms with Crippen LogP contribution in [-0.2, 0) is 9.47 Å². The minimum absolute atomic E-state index is 0. The molecular weight excluding hydrogens is 445 g/mol. The van der Waals surface area contributed by atoms with E-state index >= 15 is 0 Å². The molecule has 1 saturated heterocycles. The molecule has 3 N–H and O–H groups in total. The number of aliphatic hydroxyl groups excluding tert-OH is 1. The molecule has 1 atom stereocenters. The van der Waals surface area contributed by atoms with Crippen molar-refractivity contribution >= 4 is 29.9 Å². The zero-order valence-electron chi connectivity index (χ0n) is 16.9. The Kier molecular flexibility index (Phi) is 15.8. The summed E-state index contributed by atoms with van der Waals surface area (Å²) in [6.07, 6.45) is 4.96. The number of aliphatic imine (C=N–C) groups is 1. The molecule has 1 aliphatic heterocycles. The highest BCUT2D eigenvalue weighted by molar-refractivity contribution is 14.0. The Morgan fingerprint density at radius 3 is 2.62 bits per heavy atom. The molecule has 0 saturated carbocycles. The molecule has 1 aliphatic rings. The molecule has 0 aromatic rings. The van der Waals surface area contributed by atoms with Gasteiger partial charge in [-0.1, -0.05) is 13.8 Å². The SMILES string of the molecule is CCNC(=NCC(CC)(CC)CCO)NCCCOCC1CCOC1.I. The lowest BCUT2D eigenvalue weighted by Crippen LogP contribution is -2.39. The van der Waals surface area contributed by atoms with Gasteiger partial charge in [0.2, 0.25) is 0 Å². The molecule has 0 amide bonds. The van der Waals surface area contributed by atoms with E-state index in [4.69, 9.17) is 14.5 Å². The van der Waals surface area contributed by atoms with Crippen molar-refractivity contribution < 1.29 is 14.6 Å². The molecule has 0 aromatic heterocycles. The van der Waals surface area contributed by atoms with Crippen molar-refractivity contribution in [2.24, 2.45) is 16.3 Å². The number of rotatable bonds is 13. The van der Waals surface area contributed by atoms with E-state index in [0.29, 0.717) is 5.92 Å². The number of hydrogen-bond acceptors (Lipinski definition) is 4. The van der Waals surface area contributed by atoms with Gasteiger partial charge in [-0.2, -0.15) is 0 Å². The first-order valence-corrected chi connectivity index (χ1v) is 9.98. The zero-order chi connectivity index (χ0) is 18.4. The van der Waals surface area contributed by atoms with Crippen LogP contribution in [0.3, 0.4) is 0 Å². The fourth-order valence-electron chi connectivity index (χ4n) is 3.08. The van der Waals surface area contributed by atoms with E-state index in [1.54, 1.807) is 0 Å². The largest absolute Gasteiger partial charge is 0.396 e. The summed E-state index contributed by atoms with van der Waals surface area (Å²) in [5, 5.41) is 16.0. The topological polar surface area (TPSA) is 75.1 Å². The predicted octanol–water partition coefficient (Wildman–Crippen LogP) is 2.79. The maximum absolute atomic E-state index is 9.33. The molecule has 0 aromatic carbocycles. The molecule has 1 rings (SSSR count). The van der Waals surface area contributed by atoms with Gasteiger partial charge < -0.3 is 25.2 Å². The molecule has 7 heteroatoms. The standard InChI is InChI=1S/C19H39N3O3.HI/c1-4-19(5-2,9-11-23)16-22-18(20-6-3)21-10-7-12-24-14-17-8-13-25-15-17;/h17,23H,4-16H2,1-3H3,(H2,20,21,22);1H. The van der Waals surface area contributed by atoms with Crippen LogP contribution in [0.25, 0.3) is 0 Å². The van der Waals surface area contributed by atoms with E-state index in [-0.39, 0.29) is 36.0 Å². The van der Waals surface area contributed by atoms with Crippen LogP contribution in [0.1, 0.15) is 52.9 Å². The van der Waals surface area contributed by atoms with Gasteiger partial charge in [-0.15, -0.1) is 24.0 Å². The Balaban J connectivity index is 0.00000625. The lowest BCUT2D eigenvalue weighted by Gasteiger charge is -2.29. The fraction of sp³-hybridized carbons (Fsp3) is 0.947. The molecule has 0 radical (unpaired) electrons. The van der Waals surface area contributed by atoms with Gasteiger partial charge in [0.05, 0.1) is 13.2 Å². The number of nitrogens with zero attached hydrogens (tertiary/aromatic N) is 1. The summed E-state index contributed by atoms with van der Waals surface area (Å²) >= 11 is 0. The van der Waals surface area contributed by atoms with Gasteiger partial charge in [-0.3, -0.25) is 4.99 Å². The number of aliphatic hydroxyl groups is 1. The minimum atomic E-state index is 0. The van der Waals surface area contributed by atoms with Crippen LogP contribution in [0, 0.1) is 11.3 Å². The average molecular weight is 485 g/mol. The third-order valence-corrected chi connectivity index (χ3v) is 5.19. The highest BCUT2D eigenvalue weighted by Gasteiger charge is 2.25. The maximum Gasteiger partial charge on any atom is 0.191 e. The molecule has 156 valence electrons. The quantitative estimate of drug-likeness (QED) is 0.162. The average Bonchev–Trinajstić information content (AvgIpc) is 3.14. The predicted molar refractivity (Wildman–Crippen MR) is 118 cm³/mol. The van der Waals surface area contributed by atoms with E-state index in [1.807, 2.05) is 0 Å². The highest BCUT2D eigenvalue weighted by atomic mass is 127. The third kappa shape index (κ3) is 10.3. The van der Waals surface area contributed by atoms with Crippen molar-refractivity contribution in [2.75, 3.05) is 52.7 Å². The zero-order valence-corrected chi connectivity index (χ0v) is 19.2. The fourth-order valence-corrected chi connectivity index (χ4v) is 3.08. The van der Waals surface area contributed by atoms with Gasteiger partial charge in [0.15, 0.2) is 5.96 Å². The Labute approximate surface area is 176 Å². The van der Waals surface area contributed by atoms with Crippen LogP contribution in [0.2, 0.25) is 0 Å². The highest BCUT2D eigenvalue weighted by Crippen LogP contribution is 2.30. The number of nitrogens with one attached hydrogen (secondary N) is 2. The monoisotopic (exact) mass is 485 g/mol. The van der Waals surface area contributed by atoms with Crippen LogP contribution < -0.4 is 10.6 Å². The number of hydrogen-bond donors (Lipinski definition) is 3. The molecule has 1 heterocycles. The lowest BCUT2D eigenvalue weighted by atomic mass is 9.79. The number of ether oxygens (including phenoxy) is 2. The first-order chi connectivity index (χ1) is 12.2. The van der Waals surface area contributed by atoms with Crippen molar-refractivity contribution in [3.05, 3.63) is 0 Å². The van der Waals surface area contributed by atoms with E-state index < -0.39 is 0 Å². The summed E-state index contributed by atoms with van der Waals surface area (Å²) in [5.41, 5.74) is 0.101. The van der Waals surface area contributed by atoms with E-state index in [9.17, 15) is 5.11 Å². The van der Waals surface area contributed by atoms with Crippen molar-refractivity contribution in [1.29, 1.82) is 0 Å². The van der Waals surface area contributed by atoms with Crippen molar-refractivity contribution in [2.45, 2.75) is 52.9 Å². The van der Waals surface area contributed by atoms with Crippen molar-refractivity contribution in [3.8, 4) is 0 Å². The third-order valence-electron chi connectivity index (χ3n) is 5.19. The van der Waals surface area contributed by atoms with Gasteiger partial charge in [-0.05, 0) is 44.4 Å². The van der Waals surface area contributed by atoms with E-state index in [0.717, 1.165) is 84.1 Å². The Hall–Kier alpha value is -0.120. The molecule has 0 aliphatic carbocycles. The second-order valence-corrected chi connectivity index (χ2v) is 6.96. The van der Waals surface area contributed by atoms with Crippen molar-refractivity contribution in [1.82, 2.24) is 10.6 Å². The summed E-state index contributed by atoms with van der Waals surface area (Å²) in [7, 11) is 0. The summed E-state index contributed by atoms with van der Waals surface area (Å²) in [6.45, 7) is 12.4. The lowest BCUT2D eigenvalue weighted by molar-refractivity contribution is 0.0888. The molecule has 6 nitrogen and oxygen atoms in total. The summed E-state index contributed by atoms with van der Waals surface area (Å²) in [5.74, 6) is 1.44. The normalized spacial score (nSPS) is 17.8. The Morgan fingerprint density at radius 2 is 2.04 bits per heavy atom. The molecule has 26 heavy (non-hydrogen) atoms. The number of halogens is 1. The summed E-state index contributed by atoms with van der Waals surface area (Å²) in [4.78, 5) is 4.75. The van der Waals surface area contributed by atoms with Gasteiger partial charge in [0, 0.05) is 45.4 Å². The van der Waals surface area contributed by atoms with Crippen LogP contribution in [-0.4, -0.2) is 63.7 Å². The van der Waals surface area contributed by atoms with Crippen LogP contribution in [0.15, 0.2) is 4.99 Å².